The molecule has 0 aliphatic carbocycles. The molecule has 1 N–H and O–H groups in total. The van der Waals surface area contributed by atoms with Gasteiger partial charge in [-0.15, -0.1) is 11.3 Å². The third-order valence-electron chi connectivity index (χ3n) is 3.38. The van der Waals surface area contributed by atoms with E-state index in [0.717, 1.165) is 12.8 Å². The van der Waals surface area contributed by atoms with Crippen LogP contribution in [-0.2, 0) is 9.53 Å². The number of rotatable bonds is 4. The number of thiophene rings is 1. The van der Waals surface area contributed by atoms with Crippen LogP contribution in [0.4, 0.5) is 5.69 Å². The van der Waals surface area contributed by atoms with E-state index < -0.39 is 0 Å². The highest BCUT2D eigenvalue weighted by Crippen LogP contribution is 2.18. The highest BCUT2D eigenvalue weighted by molar-refractivity contribution is 7.12. The maximum Gasteiger partial charge on any atom is 0.253 e. The molecule has 2 heterocycles. The van der Waals surface area contributed by atoms with Crippen LogP contribution in [0.1, 0.15) is 28.1 Å². The van der Waals surface area contributed by atoms with Crippen molar-refractivity contribution in [2.45, 2.75) is 18.9 Å². The number of hydrogen-bond donors (Lipinski definition) is 1. The molecule has 5 heteroatoms. The van der Waals surface area contributed by atoms with Gasteiger partial charge in [0.05, 0.1) is 4.88 Å². The van der Waals surface area contributed by atoms with Crippen LogP contribution in [0.25, 0.3) is 0 Å². The number of anilines is 1. The molecule has 1 aromatic carbocycles. The van der Waals surface area contributed by atoms with Crippen molar-refractivity contribution < 1.29 is 14.3 Å². The molecule has 0 bridgehead atoms. The van der Waals surface area contributed by atoms with Crippen LogP contribution in [0.15, 0.2) is 41.8 Å². The van der Waals surface area contributed by atoms with E-state index in [4.69, 9.17) is 4.74 Å². The summed E-state index contributed by atoms with van der Waals surface area (Å²) in [4.78, 5) is 24.8. The third kappa shape index (κ3) is 3.20. The average molecular weight is 301 g/mol. The normalized spacial score (nSPS) is 17.6. The van der Waals surface area contributed by atoms with Crippen molar-refractivity contribution in [3.63, 3.8) is 0 Å². The molecule has 4 nitrogen and oxygen atoms in total. The van der Waals surface area contributed by atoms with Gasteiger partial charge >= 0.3 is 0 Å². The lowest BCUT2D eigenvalue weighted by Crippen LogP contribution is -2.26. The van der Waals surface area contributed by atoms with E-state index >= 15 is 0 Å². The molecule has 0 radical (unpaired) electrons. The minimum absolute atomic E-state index is 0.00185. The molecule has 1 aromatic heterocycles. The van der Waals surface area contributed by atoms with Crippen molar-refractivity contribution in [3.8, 4) is 0 Å². The van der Waals surface area contributed by atoms with Gasteiger partial charge in [-0.3, -0.25) is 9.59 Å². The Hall–Kier alpha value is -1.98. The summed E-state index contributed by atoms with van der Waals surface area (Å²) >= 11 is 1.42. The van der Waals surface area contributed by atoms with E-state index in [1.54, 1.807) is 30.3 Å². The highest BCUT2D eigenvalue weighted by atomic mass is 32.1. The second-order valence-corrected chi connectivity index (χ2v) is 5.82. The van der Waals surface area contributed by atoms with E-state index in [9.17, 15) is 9.59 Å². The summed E-state index contributed by atoms with van der Waals surface area (Å²) in [5.41, 5.74) is 1.30. The fraction of sp³-hybridized carbons (Fsp3) is 0.250. The minimum atomic E-state index is -0.350. The van der Waals surface area contributed by atoms with Gasteiger partial charge in [0, 0.05) is 17.9 Å². The van der Waals surface area contributed by atoms with Crippen molar-refractivity contribution >= 4 is 28.7 Å². The first kappa shape index (κ1) is 14.0. The monoisotopic (exact) mass is 301 g/mol. The Morgan fingerprint density at radius 2 is 2.00 bits per heavy atom. The topological polar surface area (TPSA) is 55.4 Å². The fourth-order valence-corrected chi connectivity index (χ4v) is 2.95. The summed E-state index contributed by atoms with van der Waals surface area (Å²) in [5, 5.41) is 4.69. The van der Waals surface area contributed by atoms with Crippen LogP contribution in [0, 0.1) is 0 Å². The number of amides is 1. The molecule has 1 aliphatic heterocycles. The lowest BCUT2D eigenvalue weighted by Gasteiger charge is -2.10. The van der Waals surface area contributed by atoms with Crippen LogP contribution in [0.3, 0.4) is 0 Å². The largest absolute Gasteiger partial charge is 0.368 e. The van der Waals surface area contributed by atoms with Crippen molar-refractivity contribution in [1.82, 2.24) is 0 Å². The molecule has 0 saturated carbocycles. The molecule has 0 unspecified atom stereocenters. The van der Waals surface area contributed by atoms with Gasteiger partial charge in [0.15, 0.2) is 0 Å². The van der Waals surface area contributed by atoms with Crippen molar-refractivity contribution in [2.75, 3.05) is 11.9 Å². The van der Waals surface area contributed by atoms with E-state index in [0.29, 0.717) is 22.7 Å². The SMILES string of the molecule is O=C(c1ccc(NC(=O)[C@H]2CCCO2)cc1)c1cccs1. The second kappa shape index (κ2) is 6.20. The average Bonchev–Trinajstić information content (AvgIpc) is 3.20. The standard InChI is InChI=1S/C16H15NO3S/c18-15(14-4-2-10-21-14)11-5-7-12(8-6-11)17-16(19)13-3-1-9-20-13/h2,4-8,10,13H,1,3,9H2,(H,17,19)/t13-/m1/s1. The van der Waals surface area contributed by atoms with Crippen LogP contribution in [-0.4, -0.2) is 24.4 Å². The third-order valence-corrected chi connectivity index (χ3v) is 4.25. The molecule has 1 aliphatic rings. The van der Waals surface area contributed by atoms with Gasteiger partial charge in [-0.05, 0) is 48.6 Å². The zero-order valence-corrected chi connectivity index (χ0v) is 12.2. The summed E-state index contributed by atoms with van der Waals surface area (Å²) in [6, 6.07) is 10.6. The first-order valence-electron chi connectivity index (χ1n) is 6.85. The Morgan fingerprint density at radius 1 is 1.19 bits per heavy atom. The molecule has 2 aromatic rings. The summed E-state index contributed by atoms with van der Waals surface area (Å²) in [6.07, 6.45) is 1.34. The zero-order valence-electron chi connectivity index (χ0n) is 11.4. The van der Waals surface area contributed by atoms with Crippen molar-refractivity contribution in [2.24, 2.45) is 0 Å². The first-order chi connectivity index (χ1) is 10.2. The lowest BCUT2D eigenvalue weighted by atomic mass is 10.1. The van der Waals surface area contributed by atoms with Gasteiger partial charge in [0.25, 0.3) is 5.91 Å². The molecule has 1 amide bonds. The van der Waals surface area contributed by atoms with Gasteiger partial charge in [-0.25, -0.2) is 0 Å². The molecule has 0 spiro atoms. The quantitative estimate of drug-likeness (QED) is 0.883. The van der Waals surface area contributed by atoms with E-state index in [1.165, 1.54) is 11.3 Å². The van der Waals surface area contributed by atoms with E-state index in [-0.39, 0.29) is 17.8 Å². The van der Waals surface area contributed by atoms with Gasteiger partial charge < -0.3 is 10.1 Å². The van der Waals surface area contributed by atoms with Gasteiger partial charge in [-0.2, -0.15) is 0 Å². The highest BCUT2D eigenvalue weighted by Gasteiger charge is 2.23. The minimum Gasteiger partial charge on any atom is -0.368 e. The number of benzene rings is 1. The van der Waals surface area contributed by atoms with Crippen LogP contribution < -0.4 is 5.32 Å². The Balaban J connectivity index is 1.66. The Morgan fingerprint density at radius 3 is 2.62 bits per heavy atom. The number of hydrogen-bond acceptors (Lipinski definition) is 4. The molecule has 21 heavy (non-hydrogen) atoms. The molecule has 108 valence electrons. The van der Waals surface area contributed by atoms with Gasteiger partial charge in [-0.1, -0.05) is 6.07 Å². The second-order valence-electron chi connectivity index (χ2n) is 4.87. The Labute approximate surface area is 126 Å². The molecule has 1 saturated heterocycles. The predicted octanol–water partition coefficient (Wildman–Crippen LogP) is 3.10. The van der Waals surface area contributed by atoms with Crippen LogP contribution in [0.2, 0.25) is 0 Å². The number of ketones is 1. The molecule has 3 rings (SSSR count). The smallest absolute Gasteiger partial charge is 0.253 e. The first-order valence-corrected chi connectivity index (χ1v) is 7.73. The van der Waals surface area contributed by atoms with E-state index in [1.807, 2.05) is 11.4 Å². The Bertz CT molecular complexity index is 628. The number of nitrogens with one attached hydrogen (secondary N) is 1. The maximum atomic E-state index is 12.2. The number of ether oxygens (including phenoxy) is 1. The molecule has 1 fully saturated rings. The summed E-state index contributed by atoms with van der Waals surface area (Å²) in [7, 11) is 0. The maximum absolute atomic E-state index is 12.2. The summed E-state index contributed by atoms with van der Waals surface area (Å²) < 4.78 is 5.33. The lowest BCUT2D eigenvalue weighted by molar-refractivity contribution is -0.124. The molecular weight excluding hydrogens is 286 g/mol. The Kier molecular flexibility index (Phi) is 4.13. The van der Waals surface area contributed by atoms with Crippen LogP contribution in [0.5, 0.6) is 0 Å². The molecular formula is C16H15NO3S. The van der Waals surface area contributed by atoms with Crippen molar-refractivity contribution in [1.29, 1.82) is 0 Å². The predicted molar refractivity (Wildman–Crippen MR) is 81.8 cm³/mol. The van der Waals surface area contributed by atoms with E-state index in [2.05, 4.69) is 5.32 Å². The fourth-order valence-electron chi connectivity index (χ4n) is 2.26. The zero-order chi connectivity index (χ0) is 14.7. The van der Waals surface area contributed by atoms with Crippen LogP contribution >= 0.6 is 11.3 Å². The molecule has 1 atom stereocenters. The van der Waals surface area contributed by atoms with Gasteiger partial charge in [0.1, 0.15) is 6.10 Å². The summed E-state index contributed by atoms with van der Waals surface area (Å²) in [5.74, 6) is -0.119. The van der Waals surface area contributed by atoms with Crippen molar-refractivity contribution in [3.05, 3.63) is 52.2 Å². The summed E-state index contributed by atoms with van der Waals surface area (Å²) in [6.45, 7) is 0.645. The van der Waals surface area contributed by atoms with Gasteiger partial charge in [0.2, 0.25) is 5.78 Å². The number of carbonyl (C=O) groups excluding carboxylic acids is 2. The number of carbonyl (C=O) groups is 2.